The number of carbonyl (C=O) groups is 1. The zero-order valence-electron chi connectivity index (χ0n) is 8.65. The molecule has 0 aromatic carbocycles. The van der Waals surface area contributed by atoms with E-state index in [0.29, 0.717) is 0 Å². The Bertz CT molecular complexity index is 248. The van der Waals surface area contributed by atoms with Crippen molar-refractivity contribution < 1.29 is 10.0 Å². The van der Waals surface area contributed by atoms with Crippen LogP contribution in [0.1, 0.15) is 32.1 Å². The van der Waals surface area contributed by atoms with E-state index >= 15 is 0 Å². The Labute approximate surface area is 88.7 Å². The molecule has 1 unspecified atom stereocenters. The molecule has 0 radical (unpaired) electrons. The van der Waals surface area contributed by atoms with E-state index in [1.165, 1.54) is 6.42 Å². The second kappa shape index (κ2) is 5.43. The summed E-state index contributed by atoms with van der Waals surface area (Å²) in [6.07, 6.45) is 5.37. The summed E-state index contributed by atoms with van der Waals surface area (Å²) in [5.74, 6) is 0.253. The minimum absolute atomic E-state index is 0.0284. The number of nitrogens with two attached hydrogens (primary N) is 2. The molecule has 2 amide bonds. The summed E-state index contributed by atoms with van der Waals surface area (Å²) in [6.45, 7) is 0. The standard InChI is InChI=1S/C9H18N4O2/c10-8(13-15)7(12-9(11)14)6-4-2-1-3-5-6/h6-7,15H,1-5H2,(H2,10,13)(H3,11,12,14). The van der Waals surface area contributed by atoms with Crippen LogP contribution in [0.25, 0.3) is 0 Å². The number of oxime groups is 1. The Kier molecular flexibility index (Phi) is 4.20. The normalized spacial score (nSPS) is 20.9. The van der Waals surface area contributed by atoms with Gasteiger partial charge in [0.25, 0.3) is 0 Å². The smallest absolute Gasteiger partial charge is 0.312 e. The number of nitrogens with one attached hydrogen (secondary N) is 1. The molecule has 1 saturated carbocycles. The Hall–Kier alpha value is -1.46. The van der Waals surface area contributed by atoms with Crippen molar-refractivity contribution in [1.82, 2.24) is 5.32 Å². The van der Waals surface area contributed by atoms with E-state index in [2.05, 4.69) is 10.5 Å². The summed E-state index contributed by atoms with van der Waals surface area (Å²) in [7, 11) is 0. The van der Waals surface area contributed by atoms with E-state index in [0.717, 1.165) is 25.7 Å². The van der Waals surface area contributed by atoms with Crippen LogP contribution in [0.2, 0.25) is 0 Å². The SMILES string of the molecule is NC(=O)NC(/C(N)=N/O)C1CCCCC1. The molecule has 1 aliphatic carbocycles. The van der Waals surface area contributed by atoms with Gasteiger partial charge in [0, 0.05) is 0 Å². The Morgan fingerprint density at radius 2 is 1.93 bits per heavy atom. The van der Waals surface area contributed by atoms with E-state index in [9.17, 15) is 4.79 Å². The number of hydrogen-bond donors (Lipinski definition) is 4. The number of carbonyl (C=O) groups excluding carboxylic acids is 1. The lowest BCUT2D eigenvalue weighted by atomic mass is 9.83. The molecule has 1 atom stereocenters. The van der Waals surface area contributed by atoms with Crippen molar-refractivity contribution in [3.05, 3.63) is 0 Å². The number of amides is 2. The first kappa shape index (κ1) is 11.6. The third kappa shape index (κ3) is 3.30. The van der Waals surface area contributed by atoms with Crippen LogP contribution in [-0.2, 0) is 0 Å². The van der Waals surface area contributed by atoms with E-state index in [1.54, 1.807) is 0 Å². The summed E-state index contributed by atoms with van der Waals surface area (Å²) in [5.41, 5.74) is 10.6. The summed E-state index contributed by atoms with van der Waals surface area (Å²) in [6, 6.07) is -1.08. The number of primary amides is 1. The molecule has 0 saturated heterocycles. The van der Waals surface area contributed by atoms with Gasteiger partial charge in [-0.25, -0.2) is 4.79 Å². The number of urea groups is 1. The van der Waals surface area contributed by atoms with Crippen molar-refractivity contribution in [2.75, 3.05) is 0 Å². The molecular formula is C9H18N4O2. The van der Waals surface area contributed by atoms with Gasteiger partial charge in [0.15, 0.2) is 5.84 Å². The van der Waals surface area contributed by atoms with Crippen molar-refractivity contribution in [1.29, 1.82) is 0 Å². The molecule has 0 aromatic heterocycles. The van der Waals surface area contributed by atoms with Crippen LogP contribution < -0.4 is 16.8 Å². The number of hydrogen-bond acceptors (Lipinski definition) is 3. The van der Waals surface area contributed by atoms with Crippen LogP contribution in [0.15, 0.2) is 5.16 Å². The minimum atomic E-state index is -0.642. The van der Waals surface area contributed by atoms with Gasteiger partial charge >= 0.3 is 6.03 Å². The third-order valence-electron chi connectivity index (χ3n) is 2.85. The van der Waals surface area contributed by atoms with Crippen LogP contribution >= 0.6 is 0 Å². The van der Waals surface area contributed by atoms with Crippen molar-refractivity contribution in [3.63, 3.8) is 0 Å². The first-order chi connectivity index (χ1) is 7.15. The maximum absolute atomic E-state index is 10.8. The Balaban J connectivity index is 2.65. The molecule has 6 N–H and O–H groups in total. The second-order valence-corrected chi connectivity index (χ2v) is 3.91. The summed E-state index contributed by atoms with van der Waals surface area (Å²) >= 11 is 0. The van der Waals surface area contributed by atoms with E-state index in [1.807, 2.05) is 0 Å². The van der Waals surface area contributed by atoms with Gasteiger partial charge in [0.1, 0.15) is 0 Å². The Morgan fingerprint density at radius 1 is 1.33 bits per heavy atom. The minimum Gasteiger partial charge on any atom is -0.409 e. The zero-order valence-corrected chi connectivity index (χ0v) is 8.65. The van der Waals surface area contributed by atoms with Gasteiger partial charge in [0.05, 0.1) is 6.04 Å². The lowest BCUT2D eigenvalue weighted by Gasteiger charge is -2.29. The highest BCUT2D eigenvalue weighted by molar-refractivity contribution is 5.89. The molecule has 0 bridgehead atoms. The molecule has 1 fully saturated rings. The average molecular weight is 214 g/mol. The van der Waals surface area contributed by atoms with Gasteiger partial charge in [-0.15, -0.1) is 0 Å². The van der Waals surface area contributed by atoms with Gasteiger partial charge in [-0.2, -0.15) is 0 Å². The first-order valence-electron chi connectivity index (χ1n) is 5.18. The maximum atomic E-state index is 10.8. The van der Waals surface area contributed by atoms with E-state index in [-0.39, 0.29) is 11.8 Å². The molecule has 0 heterocycles. The predicted octanol–water partition coefficient (Wildman–Crippen LogP) is 0.350. The predicted molar refractivity (Wildman–Crippen MR) is 56.5 cm³/mol. The zero-order chi connectivity index (χ0) is 11.3. The summed E-state index contributed by atoms with van der Waals surface area (Å²) < 4.78 is 0. The van der Waals surface area contributed by atoms with Crippen molar-refractivity contribution in [2.24, 2.45) is 22.5 Å². The monoisotopic (exact) mass is 214 g/mol. The number of nitrogens with zero attached hydrogens (tertiary/aromatic N) is 1. The van der Waals surface area contributed by atoms with Crippen molar-refractivity contribution in [2.45, 2.75) is 38.1 Å². The average Bonchev–Trinajstić information content (AvgIpc) is 2.26. The summed E-state index contributed by atoms with van der Waals surface area (Å²) in [5, 5.41) is 14.1. The maximum Gasteiger partial charge on any atom is 0.312 e. The lowest BCUT2D eigenvalue weighted by Crippen LogP contribution is -2.51. The quantitative estimate of drug-likeness (QED) is 0.235. The fourth-order valence-corrected chi connectivity index (χ4v) is 2.12. The molecule has 6 heteroatoms. The van der Waals surface area contributed by atoms with Gasteiger partial charge in [0.2, 0.25) is 0 Å². The molecule has 0 aliphatic heterocycles. The lowest BCUT2D eigenvalue weighted by molar-refractivity contribution is 0.237. The molecule has 0 spiro atoms. The first-order valence-corrected chi connectivity index (χ1v) is 5.18. The third-order valence-corrected chi connectivity index (χ3v) is 2.85. The van der Waals surface area contributed by atoms with Crippen LogP contribution in [0, 0.1) is 5.92 Å². The van der Waals surface area contributed by atoms with Crippen LogP contribution in [0.5, 0.6) is 0 Å². The molecular weight excluding hydrogens is 196 g/mol. The van der Waals surface area contributed by atoms with E-state index in [4.69, 9.17) is 16.7 Å². The van der Waals surface area contributed by atoms with Crippen molar-refractivity contribution >= 4 is 11.9 Å². The van der Waals surface area contributed by atoms with Gasteiger partial charge in [-0.1, -0.05) is 24.4 Å². The molecule has 86 valence electrons. The Morgan fingerprint density at radius 3 is 2.40 bits per heavy atom. The van der Waals surface area contributed by atoms with Crippen LogP contribution in [0.4, 0.5) is 4.79 Å². The summed E-state index contributed by atoms with van der Waals surface area (Å²) in [4.78, 5) is 10.8. The molecule has 15 heavy (non-hydrogen) atoms. The molecule has 1 rings (SSSR count). The van der Waals surface area contributed by atoms with Gasteiger partial charge < -0.3 is 22.0 Å². The molecule has 6 nitrogen and oxygen atoms in total. The van der Waals surface area contributed by atoms with Gasteiger partial charge in [-0.05, 0) is 18.8 Å². The molecule has 0 aromatic rings. The second-order valence-electron chi connectivity index (χ2n) is 3.91. The molecule has 1 aliphatic rings. The number of rotatable bonds is 3. The van der Waals surface area contributed by atoms with E-state index < -0.39 is 12.1 Å². The topological polar surface area (TPSA) is 114 Å². The van der Waals surface area contributed by atoms with Crippen LogP contribution in [-0.4, -0.2) is 23.1 Å². The largest absolute Gasteiger partial charge is 0.409 e. The highest BCUT2D eigenvalue weighted by Gasteiger charge is 2.27. The van der Waals surface area contributed by atoms with Crippen LogP contribution in [0.3, 0.4) is 0 Å². The highest BCUT2D eigenvalue weighted by atomic mass is 16.4. The fraction of sp³-hybridized carbons (Fsp3) is 0.778. The fourth-order valence-electron chi connectivity index (χ4n) is 2.12. The van der Waals surface area contributed by atoms with Crippen molar-refractivity contribution in [3.8, 4) is 0 Å². The van der Waals surface area contributed by atoms with Gasteiger partial charge in [-0.3, -0.25) is 0 Å². The number of amidine groups is 1. The highest BCUT2D eigenvalue weighted by Crippen LogP contribution is 2.26.